The number of carbonyl (C=O) groups excluding carboxylic acids is 1. The van der Waals surface area contributed by atoms with Crippen molar-refractivity contribution in [2.75, 3.05) is 14.2 Å². The minimum Gasteiger partial charge on any atom is -0.379 e. The standard InChI is InChI=1S/C5H12O.C2H5NO/c1-5(2,3)6-4;1-3-2-4/h1-4H3;2H,1H3,(H,3,4). The van der Waals surface area contributed by atoms with Crippen LogP contribution in [0.25, 0.3) is 0 Å². The van der Waals surface area contributed by atoms with Crippen LogP contribution in [0.3, 0.4) is 0 Å². The molecule has 1 amide bonds. The molecule has 0 aromatic rings. The lowest BCUT2D eigenvalue weighted by atomic mass is 10.2. The van der Waals surface area contributed by atoms with Gasteiger partial charge in [0.15, 0.2) is 0 Å². The number of ether oxygens (including phenoxy) is 1. The van der Waals surface area contributed by atoms with Gasteiger partial charge >= 0.3 is 0 Å². The molecule has 0 bridgehead atoms. The van der Waals surface area contributed by atoms with Crippen molar-refractivity contribution in [2.45, 2.75) is 26.4 Å². The first-order valence-electron chi connectivity index (χ1n) is 3.14. The molecule has 0 aliphatic carbocycles. The zero-order valence-corrected chi connectivity index (χ0v) is 7.39. The van der Waals surface area contributed by atoms with Crippen molar-refractivity contribution in [3.8, 4) is 0 Å². The Morgan fingerprint density at radius 2 is 1.60 bits per heavy atom. The van der Waals surface area contributed by atoms with E-state index < -0.39 is 0 Å². The fraction of sp³-hybridized carbons (Fsp3) is 0.857. The second-order valence-corrected chi connectivity index (χ2v) is 2.72. The fourth-order valence-electron chi connectivity index (χ4n) is 0. The molecular weight excluding hydrogens is 130 g/mol. The molecule has 0 unspecified atom stereocenters. The number of carbonyl (C=O) groups is 1. The van der Waals surface area contributed by atoms with Crippen LogP contribution in [-0.2, 0) is 9.53 Å². The Kier molecular flexibility index (Phi) is 7.95. The molecule has 0 saturated carbocycles. The molecule has 0 rings (SSSR count). The van der Waals surface area contributed by atoms with Gasteiger partial charge in [0.25, 0.3) is 0 Å². The summed E-state index contributed by atoms with van der Waals surface area (Å²) in [6.45, 7) is 6.06. The van der Waals surface area contributed by atoms with Crippen molar-refractivity contribution >= 4 is 6.41 Å². The minimum atomic E-state index is 0.0417. The van der Waals surface area contributed by atoms with Crippen LogP contribution in [0.15, 0.2) is 0 Å². The summed E-state index contributed by atoms with van der Waals surface area (Å²) in [5.41, 5.74) is 0.0417. The largest absolute Gasteiger partial charge is 0.379 e. The van der Waals surface area contributed by atoms with E-state index in [4.69, 9.17) is 9.53 Å². The summed E-state index contributed by atoms with van der Waals surface area (Å²) in [6.07, 6.45) is 0.625. The van der Waals surface area contributed by atoms with E-state index in [0.717, 1.165) is 0 Å². The Hall–Kier alpha value is -0.570. The van der Waals surface area contributed by atoms with Crippen molar-refractivity contribution in [1.29, 1.82) is 0 Å². The SMILES string of the molecule is CNC=O.COC(C)(C)C. The molecule has 0 aromatic heterocycles. The van der Waals surface area contributed by atoms with Crippen LogP contribution >= 0.6 is 0 Å². The first-order chi connectivity index (χ1) is 4.47. The normalized spacial score (nSPS) is 9.30. The predicted octanol–water partition coefficient (Wildman–Crippen LogP) is 0.793. The van der Waals surface area contributed by atoms with Crippen molar-refractivity contribution in [2.24, 2.45) is 0 Å². The Labute approximate surface area is 62.8 Å². The van der Waals surface area contributed by atoms with Crippen LogP contribution in [-0.4, -0.2) is 26.2 Å². The smallest absolute Gasteiger partial charge is 0.206 e. The monoisotopic (exact) mass is 147 g/mol. The molecule has 0 radical (unpaired) electrons. The fourth-order valence-corrected chi connectivity index (χ4v) is 0. The lowest BCUT2D eigenvalue weighted by Crippen LogP contribution is -2.15. The zero-order chi connectivity index (χ0) is 8.62. The second-order valence-electron chi connectivity index (χ2n) is 2.72. The van der Waals surface area contributed by atoms with Crippen LogP contribution in [0, 0.1) is 0 Å². The van der Waals surface area contributed by atoms with Gasteiger partial charge in [-0.1, -0.05) is 0 Å². The third kappa shape index (κ3) is 26.1. The van der Waals surface area contributed by atoms with E-state index in [1.807, 2.05) is 20.8 Å². The second kappa shape index (κ2) is 6.55. The molecule has 0 saturated heterocycles. The Bertz CT molecular complexity index is 76.2. The molecule has 62 valence electrons. The van der Waals surface area contributed by atoms with Gasteiger partial charge in [0.2, 0.25) is 6.41 Å². The van der Waals surface area contributed by atoms with Crippen molar-refractivity contribution in [3.05, 3.63) is 0 Å². The van der Waals surface area contributed by atoms with E-state index in [1.54, 1.807) is 14.2 Å². The maximum absolute atomic E-state index is 9.06. The van der Waals surface area contributed by atoms with Crippen molar-refractivity contribution < 1.29 is 9.53 Å². The predicted molar refractivity (Wildman–Crippen MR) is 41.9 cm³/mol. The number of amides is 1. The molecule has 0 aliphatic heterocycles. The summed E-state index contributed by atoms with van der Waals surface area (Å²) in [7, 11) is 3.27. The van der Waals surface area contributed by atoms with E-state index in [2.05, 4.69) is 5.32 Å². The van der Waals surface area contributed by atoms with E-state index in [0.29, 0.717) is 6.41 Å². The van der Waals surface area contributed by atoms with Crippen molar-refractivity contribution in [3.63, 3.8) is 0 Å². The van der Waals surface area contributed by atoms with Gasteiger partial charge in [-0.05, 0) is 20.8 Å². The molecule has 0 fully saturated rings. The summed E-state index contributed by atoms with van der Waals surface area (Å²) in [5.74, 6) is 0. The third-order valence-corrected chi connectivity index (χ3v) is 0.730. The van der Waals surface area contributed by atoms with Crippen LogP contribution in [0.1, 0.15) is 20.8 Å². The van der Waals surface area contributed by atoms with Gasteiger partial charge in [0.1, 0.15) is 0 Å². The molecule has 0 aromatic carbocycles. The van der Waals surface area contributed by atoms with Gasteiger partial charge in [-0.3, -0.25) is 4.79 Å². The van der Waals surface area contributed by atoms with Gasteiger partial charge < -0.3 is 10.1 Å². The van der Waals surface area contributed by atoms with Crippen LogP contribution in [0.2, 0.25) is 0 Å². The van der Waals surface area contributed by atoms with E-state index in [1.165, 1.54) is 0 Å². The number of nitrogens with one attached hydrogen (secondary N) is 1. The molecule has 3 heteroatoms. The third-order valence-electron chi connectivity index (χ3n) is 0.730. The molecule has 3 nitrogen and oxygen atoms in total. The lowest BCUT2D eigenvalue weighted by molar-refractivity contribution is -0.109. The van der Waals surface area contributed by atoms with Gasteiger partial charge in [-0.2, -0.15) is 0 Å². The topological polar surface area (TPSA) is 38.3 Å². The molecule has 0 aliphatic rings. The van der Waals surface area contributed by atoms with E-state index >= 15 is 0 Å². The summed E-state index contributed by atoms with van der Waals surface area (Å²) in [5, 5.41) is 2.25. The Balaban J connectivity index is 0. The van der Waals surface area contributed by atoms with Gasteiger partial charge in [-0.15, -0.1) is 0 Å². The molecule has 10 heavy (non-hydrogen) atoms. The van der Waals surface area contributed by atoms with Crippen LogP contribution < -0.4 is 5.32 Å². The minimum absolute atomic E-state index is 0.0417. The molecule has 1 N–H and O–H groups in total. The quantitative estimate of drug-likeness (QED) is 0.557. The van der Waals surface area contributed by atoms with Crippen molar-refractivity contribution in [1.82, 2.24) is 5.32 Å². The van der Waals surface area contributed by atoms with E-state index in [-0.39, 0.29) is 5.60 Å². The first kappa shape index (κ1) is 12.1. The summed E-state index contributed by atoms with van der Waals surface area (Å²) < 4.78 is 4.94. The number of methoxy groups -OCH3 is 1. The number of hydrogen-bond donors (Lipinski definition) is 1. The number of hydrogen-bond acceptors (Lipinski definition) is 2. The Morgan fingerprint density at radius 1 is 1.40 bits per heavy atom. The average molecular weight is 147 g/mol. The van der Waals surface area contributed by atoms with Crippen LogP contribution in [0.5, 0.6) is 0 Å². The highest BCUT2D eigenvalue weighted by Gasteiger charge is 2.03. The highest BCUT2D eigenvalue weighted by molar-refractivity contribution is 5.44. The molecular formula is C7H17NO2. The molecule has 0 atom stereocenters. The molecule has 0 heterocycles. The highest BCUT2D eigenvalue weighted by atomic mass is 16.5. The highest BCUT2D eigenvalue weighted by Crippen LogP contribution is 2.02. The zero-order valence-electron chi connectivity index (χ0n) is 7.39. The lowest BCUT2D eigenvalue weighted by Gasteiger charge is -2.14. The maximum Gasteiger partial charge on any atom is 0.206 e. The summed E-state index contributed by atoms with van der Waals surface area (Å²) >= 11 is 0. The van der Waals surface area contributed by atoms with Crippen LogP contribution in [0.4, 0.5) is 0 Å². The van der Waals surface area contributed by atoms with Gasteiger partial charge in [0.05, 0.1) is 5.60 Å². The average Bonchev–Trinajstić information content (AvgIpc) is 1.87. The summed E-state index contributed by atoms with van der Waals surface area (Å²) in [6, 6.07) is 0. The van der Waals surface area contributed by atoms with Gasteiger partial charge in [-0.25, -0.2) is 0 Å². The molecule has 0 spiro atoms. The maximum atomic E-state index is 9.06. The Morgan fingerprint density at radius 3 is 1.60 bits per heavy atom. The number of rotatable bonds is 1. The summed E-state index contributed by atoms with van der Waals surface area (Å²) in [4.78, 5) is 9.06. The van der Waals surface area contributed by atoms with E-state index in [9.17, 15) is 0 Å². The first-order valence-corrected chi connectivity index (χ1v) is 3.14. The van der Waals surface area contributed by atoms with Gasteiger partial charge in [0, 0.05) is 14.2 Å².